The molecular formula is C35H27BrO2. The lowest BCUT2D eigenvalue weighted by Gasteiger charge is -2.34. The minimum Gasteiger partial charge on any atom is -0.293 e. The Kier molecular flexibility index (Phi) is 8.06. The quantitative estimate of drug-likeness (QED) is 0.169. The summed E-state index contributed by atoms with van der Waals surface area (Å²) < 4.78 is 0.901. The van der Waals surface area contributed by atoms with Gasteiger partial charge < -0.3 is 0 Å². The molecule has 0 radical (unpaired) electrons. The van der Waals surface area contributed by atoms with Gasteiger partial charge in [-0.3, -0.25) is 9.59 Å². The fourth-order valence-electron chi connectivity index (χ4n) is 5.22. The Hall–Kier alpha value is -4.08. The lowest BCUT2D eigenvalue weighted by Crippen LogP contribution is -2.30. The third kappa shape index (κ3) is 5.58. The number of hydrogen-bond donors (Lipinski definition) is 0. The first kappa shape index (κ1) is 25.6. The van der Waals surface area contributed by atoms with Crippen molar-refractivity contribution in [3.05, 3.63) is 178 Å². The summed E-state index contributed by atoms with van der Waals surface area (Å²) in [6.45, 7) is 0. The molecule has 0 aromatic heterocycles. The molecule has 38 heavy (non-hydrogen) atoms. The predicted octanol–water partition coefficient (Wildman–Crippen LogP) is 8.87. The molecule has 0 saturated carbocycles. The van der Waals surface area contributed by atoms with E-state index in [2.05, 4.69) is 15.9 Å². The highest BCUT2D eigenvalue weighted by atomic mass is 79.9. The fraction of sp³-hybridized carbons (Fsp3) is 0.0857. The minimum absolute atomic E-state index is 0.0106. The van der Waals surface area contributed by atoms with Gasteiger partial charge >= 0.3 is 0 Å². The summed E-state index contributed by atoms with van der Waals surface area (Å²) in [6.07, 6.45) is 0. The molecule has 0 saturated heterocycles. The first-order chi connectivity index (χ1) is 18.6. The molecule has 5 aromatic rings. The van der Waals surface area contributed by atoms with Crippen molar-refractivity contribution in [2.75, 3.05) is 0 Å². The zero-order valence-corrected chi connectivity index (χ0v) is 22.4. The molecular weight excluding hydrogens is 532 g/mol. The molecule has 0 spiro atoms. The summed E-state index contributed by atoms with van der Waals surface area (Å²) in [5.41, 5.74) is 3.94. The Balaban J connectivity index is 1.79. The first-order valence-corrected chi connectivity index (χ1v) is 13.5. The lowest BCUT2D eigenvalue weighted by atomic mass is 9.67. The van der Waals surface area contributed by atoms with Gasteiger partial charge in [-0.15, -0.1) is 0 Å². The SMILES string of the molecule is O=C(c1ccccc1)C(c1ccccc1)C(c1cccc(Br)c1)C(C(=O)c1ccccc1)c1ccccc1. The number of carbonyl (C=O) groups excluding carboxylic acids is 2. The molecule has 0 aliphatic rings. The van der Waals surface area contributed by atoms with E-state index in [1.807, 2.05) is 146 Å². The molecule has 2 atom stereocenters. The molecule has 0 bridgehead atoms. The minimum atomic E-state index is -0.592. The Bertz CT molecular complexity index is 1400. The van der Waals surface area contributed by atoms with E-state index in [1.54, 1.807) is 0 Å². The largest absolute Gasteiger partial charge is 0.293 e. The second-order valence-corrected chi connectivity index (χ2v) is 10.2. The van der Waals surface area contributed by atoms with Crippen molar-refractivity contribution in [2.45, 2.75) is 17.8 Å². The molecule has 0 amide bonds. The third-order valence-corrected chi connectivity index (χ3v) is 7.44. The van der Waals surface area contributed by atoms with Gasteiger partial charge in [-0.05, 0) is 28.8 Å². The van der Waals surface area contributed by atoms with Gasteiger partial charge in [0.25, 0.3) is 0 Å². The van der Waals surface area contributed by atoms with Gasteiger partial charge in [-0.25, -0.2) is 0 Å². The van der Waals surface area contributed by atoms with Crippen LogP contribution in [0.25, 0.3) is 0 Å². The molecule has 3 heteroatoms. The Morgan fingerprint density at radius 2 is 0.816 bits per heavy atom. The molecule has 186 valence electrons. The number of Topliss-reactive ketones (excluding diaryl/α,β-unsaturated/α-hetero) is 2. The van der Waals surface area contributed by atoms with Crippen molar-refractivity contribution in [1.82, 2.24) is 0 Å². The summed E-state index contributed by atoms with van der Waals surface area (Å²) in [5.74, 6) is -1.67. The average molecular weight is 560 g/mol. The molecule has 2 unspecified atom stereocenters. The zero-order chi connectivity index (χ0) is 26.3. The van der Waals surface area contributed by atoms with Crippen LogP contribution in [-0.4, -0.2) is 11.6 Å². The fourth-order valence-corrected chi connectivity index (χ4v) is 5.64. The standard InChI is InChI=1S/C35H27BrO2/c36-30-23-13-22-29(24-30)31(32(25-14-5-1-6-15-25)34(37)27-18-9-3-10-19-27)33(26-16-7-2-8-17-26)35(38)28-20-11-4-12-21-28/h1-24,31-33H. The van der Waals surface area contributed by atoms with Crippen molar-refractivity contribution in [3.8, 4) is 0 Å². The second-order valence-electron chi connectivity index (χ2n) is 9.32. The Labute approximate surface area is 232 Å². The van der Waals surface area contributed by atoms with Crippen molar-refractivity contribution >= 4 is 27.5 Å². The normalized spacial score (nSPS) is 13.3. The number of carbonyl (C=O) groups is 2. The summed E-state index contributed by atoms with van der Waals surface area (Å²) >= 11 is 3.64. The van der Waals surface area contributed by atoms with Gasteiger partial charge in [-0.1, -0.05) is 149 Å². The monoisotopic (exact) mass is 558 g/mol. The van der Waals surface area contributed by atoms with E-state index in [1.165, 1.54) is 0 Å². The first-order valence-electron chi connectivity index (χ1n) is 12.7. The highest BCUT2D eigenvalue weighted by molar-refractivity contribution is 9.10. The Morgan fingerprint density at radius 1 is 0.447 bits per heavy atom. The van der Waals surface area contributed by atoms with Crippen LogP contribution >= 0.6 is 15.9 Å². The van der Waals surface area contributed by atoms with Crippen LogP contribution in [0.2, 0.25) is 0 Å². The second kappa shape index (κ2) is 12.0. The summed E-state index contributed by atoms with van der Waals surface area (Å²) in [6, 6.07) is 46.4. The van der Waals surface area contributed by atoms with Crippen LogP contribution in [0.1, 0.15) is 55.2 Å². The van der Waals surface area contributed by atoms with E-state index >= 15 is 0 Å². The maximum atomic E-state index is 14.4. The van der Waals surface area contributed by atoms with Crippen molar-refractivity contribution in [1.29, 1.82) is 0 Å². The number of hydrogen-bond acceptors (Lipinski definition) is 2. The van der Waals surface area contributed by atoms with Gasteiger partial charge in [0.15, 0.2) is 11.6 Å². The van der Waals surface area contributed by atoms with Crippen LogP contribution in [0, 0.1) is 0 Å². The number of rotatable bonds is 9. The van der Waals surface area contributed by atoms with Gasteiger partial charge in [0, 0.05) is 21.5 Å². The predicted molar refractivity (Wildman–Crippen MR) is 157 cm³/mol. The van der Waals surface area contributed by atoms with E-state index in [0.717, 1.165) is 21.2 Å². The molecule has 5 aromatic carbocycles. The van der Waals surface area contributed by atoms with Crippen molar-refractivity contribution in [3.63, 3.8) is 0 Å². The van der Waals surface area contributed by atoms with Gasteiger partial charge in [-0.2, -0.15) is 0 Å². The van der Waals surface area contributed by atoms with Crippen LogP contribution in [0.5, 0.6) is 0 Å². The van der Waals surface area contributed by atoms with Gasteiger partial charge in [0.1, 0.15) is 0 Å². The van der Waals surface area contributed by atoms with E-state index < -0.39 is 17.8 Å². The molecule has 0 N–H and O–H groups in total. The number of halogens is 1. The molecule has 5 rings (SSSR count). The smallest absolute Gasteiger partial charge is 0.170 e. The van der Waals surface area contributed by atoms with Crippen LogP contribution in [0.4, 0.5) is 0 Å². The molecule has 0 fully saturated rings. The summed E-state index contributed by atoms with van der Waals surface area (Å²) in [7, 11) is 0. The van der Waals surface area contributed by atoms with Gasteiger partial charge in [0.05, 0.1) is 11.8 Å². The average Bonchev–Trinajstić information content (AvgIpc) is 2.98. The molecule has 2 nitrogen and oxygen atoms in total. The van der Waals surface area contributed by atoms with Gasteiger partial charge in [0.2, 0.25) is 0 Å². The maximum Gasteiger partial charge on any atom is 0.170 e. The third-order valence-electron chi connectivity index (χ3n) is 6.95. The van der Waals surface area contributed by atoms with Crippen LogP contribution in [0.15, 0.2) is 150 Å². The number of ketones is 2. The van der Waals surface area contributed by atoms with Crippen molar-refractivity contribution in [2.24, 2.45) is 0 Å². The maximum absolute atomic E-state index is 14.4. The molecule has 0 aliphatic heterocycles. The molecule has 0 heterocycles. The van der Waals surface area contributed by atoms with Crippen LogP contribution < -0.4 is 0 Å². The van der Waals surface area contributed by atoms with Crippen LogP contribution in [0.3, 0.4) is 0 Å². The zero-order valence-electron chi connectivity index (χ0n) is 20.8. The Morgan fingerprint density at radius 3 is 1.21 bits per heavy atom. The highest BCUT2D eigenvalue weighted by Crippen LogP contribution is 2.47. The summed E-state index contributed by atoms with van der Waals surface area (Å²) in [5, 5.41) is 0. The van der Waals surface area contributed by atoms with Crippen molar-refractivity contribution < 1.29 is 9.59 Å². The van der Waals surface area contributed by atoms with E-state index in [9.17, 15) is 9.59 Å². The van der Waals surface area contributed by atoms with E-state index in [4.69, 9.17) is 0 Å². The summed E-state index contributed by atoms with van der Waals surface area (Å²) in [4.78, 5) is 28.8. The van der Waals surface area contributed by atoms with E-state index in [0.29, 0.717) is 11.1 Å². The lowest BCUT2D eigenvalue weighted by molar-refractivity contribution is 0.0899. The highest BCUT2D eigenvalue weighted by Gasteiger charge is 2.41. The number of benzene rings is 5. The molecule has 0 aliphatic carbocycles. The van der Waals surface area contributed by atoms with Crippen LogP contribution in [-0.2, 0) is 0 Å². The topological polar surface area (TPSA) is 34.1 Å². The van der Waals surface area contributed by atoms with E-state index in [-0.39, 0.29) is 11.6 Å².